The molecule has 0 amide bonds. The van der Waals surface area contributed by atoms with E-state index in [2.05, 4.69) is 10.6 Å². The summed E-state index contributed by atoms with van der Waals surface area (Å²) >= 11 is 5.26. The molecule has 0 aliphatic carbocycles. The van der Waals surface area contributed by atoms with E-state index in [9.17, 15) is 4.79 Å². The predicted molar refractivity (Wildman–Crippen MR) is 105 cm³/mol. The molecular weight excluding hydrogens is 348 g/mol. The average Bonchev–Trinajstić information content (AvgIpc) is 2.62. The molecular formula is C20H20N2O3S. The highest BCUT2D eigenvalue weighted by atomic mass is 32.1. The van der Waals surface area contributed by atoms with E-state index >= 15 is 0 Å². The van der Waals surface area contributed by atoms with Crippen LogP contribution in [0.4, 0.5) is 0 Å². The van der Waals surface area contributed by atoms with Crippen LogP contribution in [0.3, 0.4) is 0 Å². The number of ether oxygens (including phenoxy) is 2. The molecule has 2 aromatic rings. The Morgan fingerprint density at radius 3 is 2.58 bits per heavy atom. The Kier molecular flexibility index (Phi) is 5.53. The van der Waals surface area contributed by atoms with E-state index < -0.39 is 0 Å². The number of hydrogen-bond acceptors (Lipinski definition) is 4. The van der Waals surface area contributed by atoms with E-state index in [-0.39, 0.29) is 12.0 Å². The maximum Gasteiger partial charge on any atom is 0.338 e. The van der Waals surface area contributed by atoms with Gasteiger partial charge in [-0.25, -0.2) is 4.79 Å². The third-order valence-electron chi connectivity index (χ3n) is 3.89. The molecule has 26 heavy (non-hydrogen) atoms. The summed E-state index contributed by atoms with van der Waals surface area (Å²) in [6.07, 6.45) is 0. The van der Waals surface area contributed by atoms with Gasteiger partial charge in [0, 0.05) is 5.56 Å². The van der Waals surface area contributed by atoms with E-state index in [1.54, 1.807) is 6.92 Å². The summed E-state index contributed by atoms with van der Waals surface area (Å²) in [5, 5.41) is 6.61. The minimum atomic E-state index is -0.369. The zero-order valence-electron chi connectivity index (χ0n) is 14.6. The van der Waals surface area contributed by atoms with Crippen LogP contribution in [0, 0.1) is 0 Å². The van der Waals surface area contributed by atoms with Gasteiger partial charge in [0.15, 0.2) is 5.11 Å². The Bertz CT molecular complexity index is 849. The first-order valence-corrected chi connectivity index (χ1v) is 8.81. The molecule has 0 aromatic heterocycles. The highest BCUT2D eigenvalue weighted by Crippen LogP contribution is 2.28. The molecule has 2 N–H and O–H groups in total. The van der Waals surface area contributed by atoms with Gasteiger partial charge >= 0.3 is 5.97 Å². The Balaban J connectivity index is 1.99. The lowest BCUT2D eigenvalue weighted by molar-refractivity contribution is -0.138. The van der Waals surface area contributed by atoms with Crippen molar-refractivity contribution in [1.29, 1.82) is 0 Å². The lowest BCUT2D eigenvalue weighted by Gasteiger charge is -2.28. The fourth-order valence-corrected chi connectivity index (χ4v) is 3.04. The second-order valence-electron chi connectivity index (χ2n) is 5.77. The second-order valence-corrected chi connectivity index (χ2v) is 6.18. The van der Waals surface area contributed by atoms with Gasteiger partial charge in [-0.2, -0.15) is 0 Å². The second kappa shape index (κ2) is 8.01. The zero-order valence-corrected chi connectivity index (χ0v) is 15.4. The van der Waals surface area contributed by atoms with Gasteiger partial charge in [0.1, 0.15) is 11.5 Å². The topological polar surface area (TPSA) is 59.6 Å². The molecule has 1 aliphatic heterocycles. The quantitative estimate of drug-likeness (QED) is 0.621. The van der Waals surface area contributed by atoms with Crippen molar-refractivity contribution in [2.24, 2.45) is 0 Å². The maximum absolute atomic E-state index is 12.4. The van der Waals surface area contributed by atoms with E-state index in [0.29, 0.717) is 28.7 Å². The lowest BCUT2D eigenvalue weighted by Crippen LogP contribution is -2.48. The molecule has 0 unspecified atom stereocenters. The third kappa shape index (κ3) is 4.03. The van der Waals surface area contributed by atoms with Crippen LogP contribution in [0.2, 0.25) is 0 Å². The number of nitrogens with one attached hydrogen (secondary N) is 2. The fourth-order valence-electron chi connectivity index (χ4n) is 2.76. The summed E-state index contributed by atoms with van der Waals surface area (Å²) in [6.45, 7) is 3.97. The Morgan fingerprint density at radius 1 is 1.12 bits per heavy atom. The van der Waals surface area contributed by atoms with Crippen LogP contribution < -0.4 is 15.4 Å². The number of para-hydroxylation sites is 1. The largest absolute Gasteiger partial charge is 0.463 e. The Morgan fingerprint density at radius 2 is 1.85 bits per heavy atom. The van der Waals surface area contributed by atoms with Crippen molar-refractivity contribution in [3.63, 3.8) is 0 Å². The first kappa shape index (κ1) is 17.9. The van der Waals surface area contributed by atoms with Crippen molar-refractivity contribution in [1.82, 2.24) is 10.6 Å². The smallest absolute Gasteiger partial charge is 0.338 e. The molecule has 6 heteroatoms. The molecule has 5 nitrogen and oxygen atoms in total. The van der Waals surface area contributed by atoms with Crippen LogP contribution in [0.5, 0.6) is 11.5 Å². The molecule has 1 heterocycles. The van der Waals surface area contributed by atoms with Crippen LogP contribution in [0.15, 0.2) is 60.2 Å². The van der Waals surface area contributed by atoms with Gasteiger partial charge in [0.2, 0.25) is 0 Å². The summed E-state index contributed by atoms with van der Waals surface area (Å²) in [5.74, 6) is 1.04. The summed E-state index contributed by atoms with van der Waals surface area (Å²) in [4.78, 5) is 12.4. The van der Waals surface area contributed by atoms with Crippen molar-refractivity contribution in [2.45, 2.75) is 19.9 Å². The molecule has 0 fully saturated rings. The van der Waals surface area contributed by atoms with Crippen molar-refractivity contribution < 1.29 is 14.3 Å². The molecule has 1 atom stereocenters. The summed E-state index contributed by atoms with van der Waals surface area (Å²) in [7, 11) is 0. The number of carbonyl (C=O) groups is 1. The molecule has 0 saturated carbocycles. The summed E-state index contributed by atoms with van der Waals surface area (Å²) < 4.78 is 11.1. The Hall–Kier alpha value is -2.86. The van der Waals surface area contributed by atoms with E-state index in [0.717, 1.165) is 11.3 Å². The minimum absolute atomic E-state index is 0.253. The van der Waals surface area contributed by atoms with Gasteiger partial charge in [-0.15, -0.1) is 0 Å². The SMILES string of the molecule is CCOC(=O)C1=C(c2cccc(Oc3ccccc3)c2)NC(=S)N[C@H]1C. The maximum atomic E-state index is 12.4. The molecule has 134 valence electrons. The summed E-state index contributed by atoms with van der Waals surface area (Å²) in [6, 6.07) is 16.8. The van der Waals surface area contributed by atoms with Crippen molar-refractivity contribution >= 4 is 29.0 Å². The molecule has 2 aromatic carbocycles. The van der Waals surface area contributed by atoms with Crippen molar-refractivity contribution in [2.75, 3.05) is 6.61 Å². The van der Waals surface area contributed by atoms with Gasteiger partial charge in [0.25, 0.3) is 0 Å². The van der Waals surface area contributed by atoms with Gasteiger partial charge in [-0.05, 0) is 50.3 Å². The number of carbonyl (C=O) groups excluding carboxylic acids is 1. The van der Waals surface area contributed by atoms with Crippen LogP contribution in [0.25, 0.3) is 5.70 Å². The first-order valence-electron chi connectivity index (χ1n) is 8.40. The highest BCUT2D eigenvalue weighted by molar-refractivity contribution is 7.80. The lowest BCUT2D eigenvalue weighted by atomic mass is 9.99. The van der Waals surface area contributed by atoms with Crippen LogP contribution >= 0.6 is 12.2 Å². The number of hydrogen-bond donors (Lipinski definition) is 2. The zero-order chi connectivity index (χ0) is 18.5. The number of thiocarbonyl (C=S) groups is 1. The molecule has 0 bridgehead atoms. The van der Waals surface area contributed by atoms with E-state index in [4.69, 9.17) is 21.7 Å². The number of rotatable bonds is 5. The van der Waals surface area contributed by atoms with Gasteiger partial charge in [-0.1, -0.05) is 30.3 Å². The predicted octanol–water partition coefficient (Wildman–Crippen LogP) is 3.62. The molecule has 0 radical (unpaired) electrons. The number of esters is 1. The highest BCUT2D eigenvalue weighted by Gasteiger charge is 2.29. The number of benzene rings is 2. The van der Waals surface area contributed by atoms with Gasteiger partial charge < -0.3 is 20.1 Å². The Labute approximate surface area is 158 Å². The molecule has 0 spiro atoms. The third-order valence-corrected chi connectivity index (χ3v) is 4.11. The summed E-state index contributed by atoms with van der Waals surface area (Å²) in [5.41, 5.74) is 1.95. The minimum Gasteiger partial charge on any atom is -0.463 e. The fraction of sp³-hybridized carbons (Fsp3) is 0.200. The van der Waals surface area contributed by atoms with Crippen LogP contribution in [-0.4, -0.2) is 23.7 Å². The molecule has 1 aliphatic rings. The normalized spacial score (nSPS) is 16.5. The average molecular weight is 368 g/mol. The standard InChI is InChI=1S/C20H20N2O3S/c1-3-24-19(23)17-13(2)21-20(26)22-18(17)14-8-7-11-16(12-14)25-15-9-5-4-6-10-15/h4-13H,3H2,1-2H3,(H2,21,22,26)/t13-/m0/s1. The molecule has 3 rings (SSSR count). The van der Waals surface area contributed by atoms with Crippen molar-refractivity contribution in [3.8, 4) is 11.5 Å². The van der Waals surface area contributed by atoms with Crippen molar-refractivity contribution in [3.05, 3.63) is 65.7 Å². The van der Waals surface area contributed by atoms with Gasteiger partial charge in [0.05, 0.1) is 23.9 Å². The molecule has 0 saturated heterocycles. The first-order chi connectivity index (χ1) is 12.6. The van der Waals surface area contributed by atoms with Crippen LogP contribution in [0.1, 0.15) is 19.4 Å². The van der Waals surface area contributed by atoms with Crippen LogP contribution in [-0.2, 0) is 9.53 Å². The van der Waals surface area contributed by atoms with Gasteiger partial charge in [-0.3, -0.25) is 0 Å². The monoisotopic (exact) mass is 368 g/mol. The van der Waals surface area contributed by atoms with E-state index in [1.807, 2.05) is 61.5 Å². The van der Waals surface area contributed by atoms with E-state index in [1.165, 1.54) is 0 Å².